The molecule has 1 amide bonds. The number of sulfone groups is 1. The number of nitrogens with one attached hydrogen (secondary N) is 1. The summed E-state index contributed by atoms with van der Waals surface area (Å²) in [6.07, 6.45) is 1.51. The molecule has 1 N–H and O–H groups in total. The molecule has 0 unspecified atom stereocenters. The molecule has 1 aromatic rings. The Bertz CT molecular complexity index is 983. The fraction of sp³-hybridized carbons (Fsp3) is 0.579. The van der Waals surface area contributed by atoms with E-state index in [0.29, 0.717) is 41.7 Å². The second-order valence-electron chi connectivity index (χ2n) is 7.75. The summed E-state index contributed by atoms with van der Waals surface area (Å²) < 4.78 is 29.3. The van der Waals surface area contributed by atoms with Crippen LogP contribution >= 0.6 is 0 Å². The van der Waals surface area contributed by atoms with Crippen molar-refractivity contribution >= 4 is 15.7 Å². The summed E-state index contributed by atoms with van der Waals surface area (Å²) in [4.78, 5) is 24.5. The molecule has 0 radical (unpaired) electrons. The van der Waals surface area contributed by atoms with Crippen LogP contribution in [0.25, 0.3) is 0 Å². The van der Waals surface area contributed by atoms with E-state index >= 15 is 0 Å². The predicted octanol–water partition coefficient (Wildman–Crippen LogP) is 1.38. The molecule has 0 atom stereocenters. The summed E-state index contributed by atoms with van der Waals surface area (Å²) in [5.41, 5.74) is 4.16. The Labute approximate surface area is 165 Å². The topological polar surface area (TPSA) is 107 Å². The second-order valence-corrected chi connectivity index (χ2v) is 9.89. The molecule has 0 bridgehead atoms. The molecular formula is C19H27N3O5S. The number of ether oxygens (including phenoxy) is 1. The Morgan fingerprint density at radius 2 is 2.00 bits per heavy atom. The largest absolute Gasteiger partial charge is 0.491 e. The lowest BCUT2D eigenvalue weighted by atomic mass is 10.1. The lowest BCUT2D eigenvalue weighted by Crippen LogP contribution is -2.35. The molecule has 0 spiro atoms. The van der Waals surface area contributed by atoms with Crippen LogP contribution in [0.4, 0.5) is 0 Å². The van der Waals surface area contributed by atoms with E-state index in [0.717, 1.165) is 10.9 Å². The number of hydrogen-bond donors (Lipinski definition) is 1. The Balaban J connectivity index is 2.11. The molecule has 8 nitrogen and oxygen atoms in total. The van der Waals surface area contributed by atoms with Gasteiger partial charge in [0.05, 0.1) is 18.1 Å². The van der Waals surface area contributed by atoms with Crippen molar-refractivity contribution in [3.8, 4) is 5.75 Å². The van der Waals surface area contributed by atoms with Crippen LogP contribution in [-0.2, 0) is 21.2 Å². The predicted molar refractivity (Wildman–Crippen MR) is 106 cm³/mol. The molecule has 1 aromatic heterocycles. The Morgan fingerprint density at radius 1 is 1.36 bits per heavy atom. The van der Waals surface area contributed by atoms with E-state index in [1.54, 1.807) is 0 Å². The van der Waals surface area contributed by atoms with Gasteiger partial charge >= 0.3 is 0 Å². The number of amides is 1. The highest BCUT2D eigenvalue weighted by Crippen LogP contribution is 2.23. The van der Waals surface area contributed by atoms with Gasteiger partial charge in [0, 0.05) is 24.7 Å². The van der Waals surface area contributed by atoms with Crippen molar-refractivity contribution in [3.05, 3.63) is 39.1 Å². The molecule has 0 aliphatic heterocycles. The third-order valence-electron chi connectivity index (χ3n) is 3.85. The van der Waals surface area contributed by atoms with Crippen LogP contribution in [0, 0.1) is 5.92 Å². The monoisotopic (exact) mass is 409 g/mol. The third-order valence-corrected chi connectivity index (χ3v) is 4.72. The van der Waals surface area contributed by atoms with Crippen molar-refractivity contribution in [3.63, 3.8) is 0 Å². The zero-order valence-electron chi connectivity index (χ0n) is 16.9. The molecular weight excluding hydrogens is 382 g/mol. The number of nitrogens with zero attached hydrogens (tertiary/aromatic N) is 2. The number of hydrogen-bond acceptors (Lipinski definition) is 6. The number of rotatable bonds is 9. The minimum absolute atomic E-state index is 0.0212. The molecule has 1 aliphatic carbocycles. The SMILES string of the molecule is CC(C)COc1cc(=O)n(CC(=O)NC2=C=C(CS(C)(=O)=O)C2)nc1C(C)C. The number of aromatic nitrogens is 2. The van der Waals surface area contributed by atoms with E-state index in [1.165, 1.54) is 6.07 Å². The molecule has 0 saturated heterocycles. The van der Waals surface area contributed by atoms with Gasteiger partial charge in [-0.25, -0.2) is 13.1 Å². The average molecular weight is 410 g/mol. The van der Waals surface area contributed by atoms with E-state index in [9.17, 15) is 18.0 Å². The number of carbonyl (C=O) groups is 1. The summed E-state index contributed by atoms with van der Waals surface area (Å²) in [5.74, 6) is 0.294. The summed E-state index contributed by atoms with van der Waals surface area (Å²) >= 11 is 0. The van der Waals surface area contributed by atoms with Gasteiger partial charge in [-0.05, 0) is 11.5 Å². The summed E-state index contributed by atoms with van der Waals surface area (Å²) in [6.45, 7) is 8.13. The lowest BCUT2D eigenvalue weighted by Gasteiger charge is -2.17. The minimum atomic E-state index is -3.11. The highest BCUT2D eigenvalue weighted by atomic mass is 32.2. The first kappa shape index (κ1) is 21.9. The zero-order chi connectivity index (χ0) is 21.1. The van der Waals surface area contributed by atoms with Crippen molar-refractivity contribution in [2.45, 2.75) is 46.6 Å². The molecule has 2 rings (SSSR count). The average Bonchev–Trinajstić information content (AvgIpc) is 2.51. The van der Waals surface area contributed by atoms with E-state index in [2.05, 4.69) is 16.1 Å². The molecule has 28 heavy (non-hydrogen) atoms. The number of carbonyl (C=O) groups excluding carboxylic acids is 1. The Hall–Kier alpha value is -2.38. The van der Waals surface area contributed by atoms with Gasteiger partial charge in [-0.3, -0.25) is 9.59 Å². The van der Waals surface area contributed by atoms with Crippen LogP contribution in [0.1, 0.15) is 45.7 Å². The molecule has 0 saturated carbocycles. The second kappa shape index (κ2) is 8.75. The van der Waals surface area contributed by atoms with E-state index < -0.39 is 21.3 Å². The van der Waals surface area contributed by atoms with E-state index in [-0.39, 0.29) is 18.2 Å². The van der Waals surface area contributed by atoms with Crippen LogP contribution in [-0.4, -0.2) is 42.7 Å². The molecule has 154 valence electrons. The van der Waals surface area contributed by atoms with Gasteiger partial charge in [0.15, 0.2) is 9.84 Å². The first-order valence-corrected chi connectivity index (χ1v) is 11.2. The first-order chi connectivity index (χ1) is 12.9. The van der Waals surface area contributed by atoms with E-state index in [1.807, 2.05) is 27.7 Å². The normalized spacial score (nSPS) is 13.8. The fourth-order valence-corrected chi connectivity index (χ4v) is 3.41. The van der Waals surface area contributed by atoms with Crippen LogP contribution < -0.4 is 15.6 Å². The highest BCUT2D eigenvalue weighted by Gasteiger charge is 2.19. The maximum atomic E-state index is 12.3. The van der Waals surface area contributed by atoms with Gasteiger partial charge < -0.3 is 10.1 Å². The van der Waals surface area contributed by atoms with Crippen LogP contribution in [0.3, 0.4) is 0 Å². The molecule has 0 fully saturated rings. The van der Waals surface area contributed by atoms with Gasteiger partial charge in [0.1, 0.15) is 18.0 Å². The standard InChI is InChI=1S/C19H27N3O5S/c1-12(2)10-27-16-8-18(24)22(21-19(16)13(3)4)9-17(23)20-15-6-14(7-15)11-28(5,25)26/h8,12-13H,6,9-11H2,1-5H3,(H,20,23). The maximum Gasteiger partial charge on any atom is 0.270 e. The Kier molecular flexibility index (Phi) is 6.85. The van der Waals surface area contributed by atoms with Gasteiger partial charge in [0.25, 0.3) is 5.56 Å². The summed E-state index contributed by atoms with van der Waals surface area (Å²) in [7, 11) is -3.11. The van der Waals surface area contributed by atoms with Crippen LogP contribution in [0.2, 0.25) is 0 Å². The van der Waals surface area contributed by atoms with Gasteiger partial charge in [-0.15, -0.1) is 0 Å². The van der Waals surface area contributed by atoms with Crippen molar-refractivity contribution in [2.24, 2.45) is 5.92 Å². The fourth-order valence-electron chi connectivity index (χ4n) is 2.61. The van der Waals surface area contributed by atoms with Crippen molar-refractivity contribution < 1.29 is 17.9 Å². The van der Waals surface area contributed by atoms with E-state index in [4.69, 9.17) is 4.74 Å². The van der Waals surface area contributed by atoms with Crippen molar-refractivity contribution in [1.82, 2.24) is 15.1 Å². The third kappa shape index (κ3) is 6.35. The van der Waals surface area contributed by atoms with Crippen LogP contribution in [0.5, 0.6) is 5.75 Å². The Morgan fingerprint density at radius 3 is 2.54 bits per heavy atom. The lowest BCUT2D eigenvalue weighted by molar-refractivity contribution is -0.121. The van der Waals surface area contributed by atoms with Gasteiger partial charge in [-0.2, -0.15) is 5.10 Å². The minimum Gasteiger partial charge on any atom is -0.491 e. The van der Waals surface area contributed by atoms with Gasteiger partial charge in [0.2, 0.25) is 5.91 Å². The van der Waals surface area contributed by atoms with Gasteiger partial charge in [-0.1, -0.05) is 33.4 Å². The van der Waals surface area contributed by atoms with Crippen LogP contribution in [0.15, 0.2) is 27.9 Å². The first-order valence-electron chi connectivity index (χ1n) is 9.14. The summed E-state index contributed by atoms with van der Waals surface area (Å²) in [5, 5.41) is 6.94. The zero-order valence-corrected chi connectivity index (χ0v) is 17.7. The molecule has 1 heterocycles. The molecule has 0 aromatic carbocycles. The van der Waals surface area contributed by atoms with Crippen molar-refractivity contribution in [1.29, 1.82) is 0 Å². The molecule has 9 heteroatoms. The smallest absolute Gasteiger partial charge is 0.270 e. The summed E-state index contributed by atoms with van der Waals surface area (Å²) in [6, 6.07) is 1.37. The maximum absolute atomic E-state index is 12.3. The quantitative estimate of drug-likeness (QED) is 0.618. The highest BCUT2D eigenvalue weighted by molar-refractivity contribution is 7.90. The molecule has 1 aliphatic rings. The van der Waals surface area contributed by atoms with Crippen molar-refractivity contribution in [2.75, 3.05) is 18.6 Å².